The molecule has 3 nitrogen and oxygen atoms in total. The van der Waals surface area contributed by atoms with Crippen LogP contribution in [0.15, 0.2) is 29.6 Å². The van der Waals surface area contributed by atoms with E-state index in [4.69, 9.17) is 26.8 Å². The van der Waals surface area contributed by atoms with Crippen molar-refractivity contribution in [3.63, 3.8) is 0 Å². The molecule has 0 atom stereocenters. The van der Waals surface area contributed by atoms with Gasteiger partial charge in [-0.05, 0) is 29.6 Å². The number of hydrogen-bond acceptors (Lipinski definition) is 4. The quantitative estimate of drug-likeness (QED) is 0.914. The van der Waals surface area contributed by atoms with E-state index >= 15 is 0 Å². The molecule has 0 fully saturated rings. The fraction of sp³-hybridized carbons (Fsp3) is 0.231. The standard InChI is InChI=1S/C13H14ClNO2S/c1-16-10-2-3-12(9(6-10)7-15)17-8-13-11(14)4-5-18-13/h2-6H,7-8,15H2,1H3. The van der Waals surface area contributed by atoms with Crippen LogP contribution in [-0.4, -0.2) is 7.11 Å². The molecular weight excluding hydrogens is 270 g/mol. The molecule has 0 saturated carbocycles. The number of halogens is 1. The summed E-state index contributed by atoms with van der Waals surface area (Å²) in [5.41, 5.74) is 6.61. The molecule has 0 saturated heterocycles. The van der Waals surface area contributed by atoms with Gasteiger partial charge in [-0.1, -0.05) is 11.6 Å². The fourth-order valence-corrected chi connectivity index (χ4v) is 2.56. The SMILES string of the molecule is COc1ccc(OCc2sccc2Cl)c(CN)c1. The van der Waals surface area contributed by atoms with E-state index in [-0.39, 0.29) is 0 Å². The highest BCUT2D eigenvalue weighted by molar-refractivity contribution is 7.10. The van der Waals surface area contributed by atoms with Crippen molar-refractivity contribution in [2.75, 3.05) is 7.11 Å². The predicted molar refractivity (Wildman–Crippen MR) is 74.5 cm³/mol. The Balaban J connectivity index is 2.11. The molecule has 96 valence electrons. The lowest BCUT2D eigenvalue weighted by Gasteiger charge is -2.11. The van der Waals surface area contributed by atoms with Crippen molar-refractivity contribution in [3.05, 3.63) is 45.1 Å². The van der Waals surface area contributed by atoms with Crippen molar-refractivity contribution >= 4 is 22.9 Å². The molecule has 2 N–H and O–H groups in total. The Morgan fingerprint density at radius 2 is 2.17 bits per heavy atom. The molecule has 1 aromatic carbocycles. The first kappa shape index (κ1) is 13.2. The van der Waals surface area contributed by atoms with E-state index in [0.717, 1.165) is 27.0 Å². The average molecular weight is 284 g/mol. The Morgan fingerprint density at radius 3 is 2.78 bits per heavy atom. The molecular formula is C13H14ClNO2S. The van der Waals surface area contributed by atoms with Crippen molar-refractivity contribution in [1.29, 1.82) is 0 Å². The third kappa shape index (κ3) is 2.96. The largest absolute Gasteiger partial charge is 0.497 e. The fourth-order valence-electron chi connectivity index (χ4n) is 1.55. The summed E-state index contributed by atoms with van der Waals surface area (Å²) in [7, 11) is 1.63. The van der Waals surface area contributed by atoms with Crippen LogP contribution in [0.4, 0.5) is 0 Å². The van der Waals surface area contributed by atoms with Gasteiger partial charge in [0.25, 0.3) is 0 Å². The minimum absolute atomic E-state index is 0.407. The van der Waals surface area contributed by atoms with Gasteiger partial charge in [0.1, 0.15) is 18.1 Å². The van der Waals surface area contributed by atoms with Crippen molar-refractivity contribution < 1.29 is 9.47 Å². The summed E-state index contributed by atoms with van der Waals surface area (Å²) in [6, 6.07) is 7.46. The summed E-state index contributed by atoms with van der Waals surface area (Å²) in [5, 5.41) is 2.68. The Labute approximate surface area is 115 Å². The zero-order valence-corrected chi connectivity index (χ0v) is 11.6. The summed E-state index contributed by atoms with van der Waals surface area (Å²) < 4.78 is 10.9. The van der Waals surface area contributed by atoms with Crippen LogP contribution in [0.3, 0.4) is 0 Å². The third-order valence-electron chi connectivity index (χ3n) is 2.54. The number of methoxy groups -OCH3 is 1. The molecule has 2 aromatic rings. The van der Waals surface area contributed by atoms with E-state index in [1.165, 1.54) is 0 Å². The highest BCUT2D eigenvalue weighted by atomic mass is 35.5. The predicted octanol–water partition coefficient (Wildman–Crippen LogP) is 3.45. The second-order valence-electron chi connectivity index (χ2n) is 3.66. The lowest BCUT2D eigenvalue weighted by molar-refractivity contribution is 0.305. The summed E-state index contributed by atoms with van der Waals surface area (Å²) in [5.74, 6) is 1.54. The lowest BCUT2D eigenvalue weighted by atomic mass is 10.2. The number of hydrogen-bond donors (Lipinski definition) is 1. The Hall–Kier alpha value is -1.23. The lowest BCUT2D eigenvalue weighted by Crippen LogP contribution is -2.02. The van der Waals surface area contributed by atoms with Crippen molar-refractivity contribution in [2.24, 2.45) is 5.73 Å². The molecule has 0 aliphatic rings. The molecule has 0 spiro atoms. The smallest absolute Gasteiger partial charge is 0.124 e. The topological polar surface area (TPSA) is 44.5 Å². The second-order valence-corrected chi connectivity index (χ2v) is 5.07. The van der Waals surface area contributed by atoms with E-state index in [1.807, 2.05) is 29.6 Å². The Morgan fingerprint density at radius 1 is 1.33 bits per heavy atom. The van der Waals surface area contributed by atoms with Gasteiger partial charge in [-0.15, -0.1) is 11.3 Å². The van der Waals surface area contributed by atoms with Gasteiger partial charge in [0.2, 0.25) is 0 Å². The van der Waals surface area contributed by atoms with Gasteiger partial charge in [-0.3, -0.25) is 0 Å². The zero-order valence-electron chi connectivity index (χ0n) is 9.98. The van der Waals surface area contributed by atoms with Gasteiger partial charge < -0.3 is 15.2 Å². The molecule has 0 aliphatic carbocycles. The van der Waals surface area contributed by atoms with Crippen LogP contribution < -0.4 is 15.2 Å². The van der Waals surface area contributed by atoms with E-state index in [9.17, 15) is 0 Å². The number of thiophene rings is 1. The molecule has 0 radical (unpaired) electrons. The van der Waals surface area contributed by atoms with Gasteiger partial charge >= 0.3 is 0 Å². The van der Waals surface area contributed by atoms with Crippen LogP contribution in [0.25, 0.3) is 0 Å². The first-order chi connectivity index (χ1) is 8.74. The Kier molecular flexibility index (Phi) is 4.47. The number of rotatable bonds is 5. The second kappa shape index (κ2) is 6.09. The Bertz CT molecular complexity index is 527. The van der Waals surface area contributed by atoms with Gasteiger partial charge in [0, 0.05) is 12.1 Å². The normalized spacial score (nSPS) is 10.4. The molecule has 1 heterocycles. The molecule has 0 amide bonds. The summed E-state index contributed by atoms with van der Waals surface area (Å²) >= 11 is 7.59. The van der Waals surface area contributed by atoms with Crippen LogP contribution >= 0.6 is 22.9 Å². The zero-order chi connectivity index (χ0) is 13.0. The minimum atomic E-state index is 0.407. The van der Waals surface area contributed by atoms with Crippen molar-refractivity contribution in [2.45, 2.75) is 13.2 Å². The highest BCUT2D eigenvalue weighted by Gasteiger charge is 2.07. The van der Waals surface area contributed by atoms with E-state index in [0.29, 0.717) is 13.2 Å². The maximum Gasteiger partial charge on any atom is 0.124 e. The van der Waals surface area contributed by atoms with E-state index in [2.05, 4.69) is 0 Å². The molecule has 5 heteroatoms. The molecule has 0 aliphatic heterocycles. The third-order valence-corrected chi connectivity index (χ3v) is 3.90. The maximum atomic E-state index is 6.01. The monoisotopic (exact) mass is 283 g/mol. The van der Waals surface area contributed by atoms with Crippen LogP contribution in [0.2, 0.25) is 5.02 Å². The summed E-state index contributed by atoms with van der Waals surface area (Å²) in [6.45, 7) is 0.862. The van der Waals surface area contributed by atoms with Gasteiger partial charge in [-0.2, -0.15) is 0 Å². The summed E-state index contributed by atoms with van der Waals surface area (Å²) in [4.78, 5) is 1.01. The van der Waals surface area contributed by atoms with Gasteiger partial charge in [0.15, 0.2) is 0 Å². The van der Waals surface area contributed by atoms with Crippen molar-refractivity contribution in [1.82, 2.24) is 0 Å². The number of ether oxygens (including phenoxy) is 2. The first-order valence-corrected chi connectivity index (χ1v) is 6.72. The van der Waals surface area contributed by atoms with E-state index < -0.39 is 0 Å². The molecule has 0 unspecified atom stereocenters. The van der Waals surface area contributed by atoms with Crippen LogP contribution in [0.1, 0.15) is 10.4 Å². The molecule has 2 rings (SSSR count). The van der Waals surface area contributed by atoms with E-state index in [1.54, 1.807) is 18.4 Å². The molecule has 18 heavy (non-hydrogen) atoms. The average Bonchev–Trinajstić information content (AvgIpc) is 2.81. The minimum Gasteiger partial charge on any atom is -0.497 e. The number of nitrogens with two attached hydrogens (primary N) is 1. The van der Waals surface area contributed by atoms with Crippen LogP contribution in [-0.2, 0) is 13.2 Å². The van der Waals surface area contributed by atoms with Gasteiger partial charge in [0.05, 0.1) is 17.0 Å². The van der Waals surface area contributed by atoms with Crippen LogP contribution in [0.5, 0.6) is 11.5 Å². The molecule has 1 aromatic heterocycles. The van der Waals surface area contributed by atoms with Crippen LogP contribution in [0, 0.1) is 0 Å². The highest BCUT2D eigenvalue weighted by Crippen LogP contribution is 2.27. The molecule has 0 bridgehead atoms. The summed E-state index contributed by atoms with van der Waals surface area (Å²) in [6.07, 6.45) is 0. The van der Waals surface area contributed by atoms with Crippen molar-refractivity contribution in [3.8, 4) is 11.5 Å². The maximum absolute atomic E-state index is 6.01. The first-order valence-electron chi connectivity index (χ1n) is 5.46. The number of benzene rings is 1. The van der Waals surface area contributed by atoms with Gasteiger partial charge in [-0.25, -0.2) is 0 Å².